The molecule has 0 aliphatic heterocycles. The van der Waals surface area contributed by atoms with Gasteiger partial charge < -0.3 is 0 Å². The highest BCUT2D eigenvalue weighted by molar-refractivity contribution is 7.08. The standard InChI is InChI=1S/C14H14N4O3S/c1-3-17-11-9(12(19)18(4-2)14(17)21)10(15-13(20)16-11)8-5-6-22-7-8/h5-7H,3-4H2,1-2H3,(H,15,16,20)/p+1. The van der Waals surface area contributed by atoms with Crippen LogP contribution in [0.1, 0.15) is 13.8 Å². The van der Waals surface area contributed by atoms with Crippen LogP contribution in [0.3, 0.4) is 0 Å². The van der Waals surface area contributed by atoms with Crippen LogP contribution in [-0.2, 0) is 13.1 Å². The van der Waals surface area contributed by atoms with Crippen LogP contribution in [0.15, 0.2) is 31.2 Å². The van der Waals surface area contributed by atoms with E-state index in [0.717, 1.165) is 5.56 Å². The normalized spacial score (nSPS) is 11.2. The topological polar surface area (TPSA) is 91.0 Å². The summed E-state index contributed by atoms with van der Waals surface area (Å²) in [5, 5.41) is 4.04. The minimum Gasteiger partial charge on any atom is -0.268 e. The van der Waals surface area contributed by atoms with E-state index >= 15 is 0 Å². The molecule has 3 rings (SSSR count). The monoisotopic (exact) mass is 319 g/mol. The molecule has 2 N–H and O–H groups in total. The maximum Gasteiger partial charge on any atom is 0.439 e. The Balaban J connectivity index is 2.62. The van der Waals surface area contributed by atoms with Gasteiger partial charge in [0, 0.05) is 17.5 Å². The largest absolute Gasteiger partial charge is 0.439 e. The molecular formula is C14H15N4O3S+. The molecule has 0 aliphatic carbocycles. The minimum absolute atomic E-state index is 0.257. The Kier molecular flexibility index (Phi) is 3.53. The number of aromatic nitrogens is 4. The predicted molar refractivity (Wildman–Crippen MR) is 84.3 cm³/mol. The Morgan fingerprint density at radius 3 is 2.50 bits per heavy atom. The lowest BCUT2D eigenvalue weighted by Crippen LogP contribution is -2.45. The lowest BCUT2D eigenvalue weighted by molar-refractivity contribution is -0.374. The minimum atomic E-state index is -0.455. The smallest absolute Gasteiger partial charge is 0.268 e. The number of hydrogen-bond acceptors (Lipinski definition) is 4. The first-order valence-electron chi connectivity index (χ1n) is 6.94. The van der Waals surface area contributed by atoms with Gasteiger partial charge in [-0.15, -0.1) is 0 Å². The van der Waals surface area contributed by atoms with Crippen LogP contribution in [0.5, 0.6) is 0 Å². The van der Waals surface area contributed by atoms with E-state index in [4.69, 9.17) is 0 Å². The van der Waals surface area contributed by atoms with Gasteiger partial charge in [-0.3, -0.25) is 4.79 Å². The van der Waals surface area contributed by atoms with Gasteiger partial charge in [0.05, 0.1) is 6.54 Å². The maximum absolute atomic E-state index is 12.7. The summed E-state index contributed by atoms with van der Waals surface area (Å²) in [5.74, 6) is 0. The van der Waals surface area contributed by atoms with Crippen LogP contribution in [-0.4, -0.2) is 14.1 Å². The van der Waals surface area contributed by atoms with Crippen molar-refractivity contribution in [3.05, 3.63) is 48.1 Å². The van der Waals surface area contributed by atoms with E-state index in [1.807, 2.05) is 16.8 Å². The third-order valence-electron chi connectivity index (χ3n) is 3.59. The average Bonchev–Trinajstić information content (AvgIpc) is 3.01. The molecule has 0 atom stereocenters. The summed E-state index contributed by atoms with van der Waals surface area (Å²) in [6, 6.07) is 1.83. The number of rotatable bonds is 3. The van der Waals surface area contributed by atoms with Crippen molar-refractivity contribution in [2.75, 3.05) is 0 Å². The predicted octanol–water partition coefficient (Wildman–Crippen LogP) is 0.434. The number of hydrogen-bond donors (Lipinski definition) is 1. The van der Waals surface area contributed by atoms with Gasteiger partial charge in [0.2, 0.25) is 5.65 Å². The third kappa shape index (κ3) is 2.03. The zero-order chi connectivity index (χ0) is 15.9. The van der Waals surface area contributed by atoms with Crippen molar-refractivity contribution in [2.45, 2.75) is 26.9 Å². The van der Waals surface area contributed by atoms with Crippen LogP contribution >= 0.6 is 11.3 Å². The van der Waals surface area contributed by atoms with Gasteiger partial charge in [-0.25, -0.2) is 28.7 Å². The molecule has 3 aromatic rings. The number of H-pyrrole nitrogens is 2. The van der Waals surface area contributed by atoms with Gasteiger partial charge in [-0.2, -0.15) is 11.3 Å². The lowest BCUT2D eigenvalue weighted by atomic mass is 10.1. The molecule has 3 aromatic heterocycles. The molecule has 0 saturated heterocycles. The summed E-state index contributed by atoms with van der Waals surface area (Å²) in [6.07, 6.45) is 0. The molecule has 8 heteroatoms. The number of aryl methyl sites for hydroxylation is 1. The van der Waals surface area contributed by atoms with E-state index in [1.165, 1.54) is 20.5 Å². The SMILES string of the molecule is CCn1c(=O)c2c(-c3ccsc3)[nH]c(=O)[nH+]c2n(CC)c1=O. The van der Waals surface area contributed by atoms with Crippen molar-refractivity contribution < 1.29 is 4.98 Å². The number of nitrogens with zero attached hydrogens (tertiary/aromatic N) is 2. The van der Waals surface area contributed by atoms with E-state index in [0.29, 0.717) is 17.6 Å². The molecule has 0 unspecified atom stereocenters. The maximum atomic E-state index is 12.7. The summed E-state index contributed by atoms with van der Waals surface area (Å²) in [6.45, 7) is 4.17. The summed E-state index contributed by atoms with van der Waals surface area (Å²) < 4.78 is 2.58. The van der Waals surface area contributed by atoms with Crippen molar-refractivity contribution in [1.29, 1.82) is 0 Å². The Morgan fingerprint density at radius 2 is 1.91 bits per heavy atom. The van der Waals surface area contributed by atoms with E-state index in [-0.39, 0.29) is 12.2 Å². The van der Waals surface area contributed by atoms with Crippen molar-refractivity contribution >= 4 is 22.4 Å². The van der Waals surface area contributed by atoms with Crippen molar-refractivity contribution in [3.63, 3.8) is 0 Å². The molecule has 0 saturated carbocycles. The van der Waals surface area contributed by atoms with Gasteiger partial charge in [0.25, 0.3) is 5.56 Å². The summed E-state index contributed by atoms with van der Waals surface area (Å²) in [5.41, 5.74) is 0.175. The summed E-state index contributed by atoms with van der Waals surface area (Å²) in [7, 11) is 0. The third-order valence-corrected chi connectivity index (χ3v) is 4.27. The zero-order valence-corrected chi connectivity index (χ0v) is 13.0. The fourth-order valence-corrected chi connectivity index (χ4v) is 3.21. The van der Waals surface area contributed by atoms with Gasteiger partial charge in [-0.05, 0) is 25.3 Å². The second-order valence-electron chi connectivity index (χ2n) is 4.77. The molecule has 0 amide bonds. The fraction of sp³-hybridized carbons (Fsp3) is 0.286. The van der Waals surface area contributed by atoms with Crippen LogP contribution < -0.4 is 21.9 Å². The van der Waals surface area contributed by atoms with Gasteiger partial charge >= 0.3 is 11.4 Å². The molecule has 7 nitrogen and oxygen atoms in total. The fourth-order valence-electron chi connectivity index (χ4n) is 2.57. The van der Waals surface area contributed by atoms with Crippen LogP contribution in [0.2, 0.25) is 0 Å². The van der Waals surface area contributed by atoms with Gasteiger partial charge in [-0.1, -0.05) is 0 Å². The van der Waals surface area contributed by atoms with Crippen LogP contribution in [0, 0.1) is 0 Å². The van der Waals surface area contributed by atoms with Crippen molar-refractivity contribution in [1.82, 2.24) is 14.1 Å². The first-order valence-corrected chi connectivity index (χ1v) is 7.88. The lowest BCUT2D eigenvalue weighted by Gasteiger charge is -2.08. The number of nitrogens with one attached hydrogen (secondary N) is 2. The zero-order valence-electron chi connectivity index (χ0n) is 12.2. The quantitative estimate of drug-likeness (QED) is 0.759. The Bertz CT molecular complexity index is 1010. The van der Waals surface area contributed by atoms with Crippen LogP contribution in [0.4, 0.5) is 0 Å². The van der Waals surface area contributed by atoms with Crippen LogP contribution in [0.25, 0.3) is 22.3 Å². The van der Waals surface area contributed by atoms with E-state index < -0.39 is 16.9 Å². The van der Waals surface area contributed by atoms with Crippen molar-refractivity contribution in [3.8, 4) is 11.3 Å². The van der Waals surface area contributed by atoms with E-state index in [2.05, 4.69) is 9.97 Å². The summed E-state index contributed by atoms with van der Waals surface area (Å²) >= 11 is 1.47. The highest BCUT2D eigenvalue weighted by Crippen LogP contribution is 2.22. The van der Waals surface area contributed by atoms with E-state index in [9.17, 15) is 14.4 Å². The highest BCUT2D eigenvalue weighted by Gasteiger charge is 2.22. The van der Waals surface area contributed by atoms with Gasteiger partial charge in [0.1, 0.15) is 5.69 Å². The summed E-state index contributed by atoms with van der Waals surface area (Å²) in [4.78, 5) is 42.2. The second kappa shape index (κ2) is 5.38. The molecule has 0 aromatic carbocycles. The molecule has 0 radical (unpaired) electrons. The number of aromatic amines is 2. The molecule has 0 spiro atoms. The molecule has 0 aliphatic rings. The molecular weight excluding hydrogens is 304 g/mol. The second-order valence-corrected chi connectivity index (χ2v) is 5.55. The molecule has 3 heterocycles. The van der Waals surface area contributed by atoms with Crippen molar-refractivity contribution in [2.24, 2.45) is 0 Å². The highest BCUT2D eigenvalue weighted by atomic mass is 32.1. The first kappa shape index (κ1) is 14.5. The molecule has 0 fully saturated rings. The Morgan fingerprint density at radius 1 is 1.18 bits per heavy atom. The average molecular weight is 319 g/mol. The first-order chi connectivity index (χ1) is 10.6. The Labute approximate surface area is 128 Å². The van der Waals surface area contributed by atoms with Gasteiger partial charge in [0.15, 0.2) is 5.39 Å². The number of thiophene rings is 1. The van der Waals surface area contributed by atoms with E-state index in [1.54, 1.807) is 13.8 Å². The molecule has 114 valence electrons. The molecule has 0 bridgehead atoms. The Hall–Kier alpha value is -2.48. The number of fused-ring (bicyclic) bond motifs is 1. The molecule has 22 heavy (non-hydrogen) atoms.